The lowest BCUT2D eigenvalue weighted by Crippen LogP contribution is -2.55. The molecule has 0 aliphatic heterocycles. The van der Waals surface area contributed by atoms with E-state index in [1.54, 1.807) is 0 Å². The van der Waals surface area contributed by atoms with E-state index in [0.29, 0.717) is 30.1 Å². The molecule has 1 atom stereocenters. The third kappa shape index (κ3) is 7.04. The first-order chi connectivity index (χ1) is 10.1. The van der Waals surface area contributed by atoms with Gasteiger partial charge in [0.2, 0.25) is 5.79 Å². The van der Waals surface area contributed by atoms with Crippen LogP contribution in [0.4, 0.5) is 0 Å². The zero-order valence-corrected chi connectivity index (χ0v) is 16.6. The second-order valence-corrected chi connectivity index (χ2v) is 6.14. The van der Waals surface area contributed by atoms with Crippen molar-refractivity contribution in [3.63, 3.8) is 0 Å². The molecular formula is C16H34O4Si. The number of ether oxygens (including phenoxy) is 3. The van der Waals surface area contributed by atoms with E-state index in [0.717, 1.165) is 12.8 Å². The molecule has 0 amide bonds. The van der Waals surface area contributed by atoms with Crippen LogP contribution in [0.3, 0.4) is 0 Å². The van der Waals surface area contributed by atoms with Crippen molar-refractivity contribution in [2.45, 2.75) is 78.1 Å². The molecule has 0 saturated heterocycles. The van der Waals surface area contributed by atoms with Gasteiger partial charge in [-0.15, -0.1) is 0 Å². The smallest absolute Gasteiger partial charge is 0.250 e. The van der Waals surface area contributed by atoms with Gasteiger partial charge >= 0.3 is 0 Å². The molecule has 0 aliphatic rings. The number of hydrogen-bond acceptors (Lipinski definition) is 4. The summed E-state index contributed by atoms with van der Waals surface area (Å²) in [6.07, 6.45) is 6.46. The van der Waals surface area contributed by atoms with Crippen LogP contribution < -0.4 is 0 Å². The van der Waals surface area contributed by atoms with Gasteiger partial charge in [0.05, 0.1) is 10.2 Å². The van der Waals surface area contributed by atoms with Crippen LogP contribution in [0.15, 0.2) is 0 Å². The van der Waals surface area contributed by atoms with Crippen molar-refractivity contribution in [2.24, 2.45) is 0 Å². The summed E-state index contributed by atoms with van der Waals surface area (Å²) in [5.74, 6) is -1.18. The molecule has 5 heteroatoms. The van der Waals surface area contributed by atoms with E-state index in [4.69, 9.17) is 14.2 Å². The highest BCUT2D eigenvalue weighted by atomic mass is 28.1. The predicted molar refractivity (Wildman–Crippen MR) is 89.7 cm³/mol. The third-order valence-corrected chi connectivity index (χ3v) is 4.27. The van der Waals surface area contributed by atoms with Gasteiger partial charge in [-0.1, -0.05) is 39.0 Å². The van der Waals surface area contributed by atoms with E-state index in [2.05, 4.69) is 6.92 Å². The Balaban J connectivity index is 4.82. The molecule has 0 aromatic carbocycles. The monoisotopic (exact) mass is 318 g/mol. The molecule has 0 heterocycles. The van der Waals surface area contributed by atoms with E-state index in [1.165, 1.54) is 25.7 Å². The van der Waals surface area contributed by atoms with E-state index in [9.17, 15) is 4.79 Å². The predicted octanol–water partition coefficient (Wildman–Crippen LogP) is 2.41. The fourth-order valence-electron chi connectivity index (χ4n) is 2.60. The zero-order chi connectivity index (χ0) is 16.1. The second-order valence-electron chi connectivity index (χ2n) is 5.24. The van der Waals surface area contributed by atoms with Crippen molar-refractivity contribution in [3.8, 4) is 0 Å². The molecule has 1 unspecified atom stereocenters. The summed E-state index contributed by atoms with van der Waals surface area (Å²) in [7, 11) is 0.401. The minimum absolute atomic E-state index is 0.0261. The minimum Gasteiger partial charge on any atom is -0.372 e. The van der Waals surface area contributed by atoms with Crippen LogP contribution in [0.5, 0.6) is 0 Å². The van der Waals surface area contributed by atoms with E-state index < -0.39 is 5.79 Å². The highest BCUT2D eigenvalue weighted by Gasteiger charge is 2.45. The largest absolute Gasteiger partial charge is 0.372 e. The Kier molecular flexibility index (Phi) is 12.2. The Morgan fingerprint density at radius 1 is 0.952 bits per heavy atom. The Morgan fingerprint density at radius 2 is 1.52 bits per heavy atom. The number of carbonyl (C=O) groups is 1. The molecule has 0 aromatic rings. The number of carbonyl (C=O) groups excluding carboxylic acids is 1. The highest BCUT2D eigenvalue weighted by Crippen LogP contribution is 2.26. The van der Waals surface area contributed by atoms with Crippen LogP contribution in [-0.2, 0) is 19.0 Å². The first kappa shape index (κ1) is 20.8. The summed E-state index contributed by atoms with van der Waals surface area (Å²) in [6, 6.07) is 0. The lowest BCUT2D eigenvalue weighted by Gasteiger charge is -2.37. The van der Waals surface area contributed by atoms with Crippen LogP contribution >= 0.6 is 0 Å². The molecule has 0 spiro atoms. The molecule has 126 valence electrons. The standard InChI is InChI=1S/C16H34O4Si/c1-5-9-10-11-12-13-14(18-6-2)16(15(17)21,19-7-3)20-8-4/h14H,5-13H2,1-4,21H3. The molecule has 0 rings (SSSR count). The maximum Gasteiger partial charge on any atom is 0.250 e. The molecule has 0 radical (unpaired) electrons. The zero-order valence-electron chi connectivity index (χ0n) is 14.6. The van der Waals surface area contributed by atoms with Gasteiger partial charge in [-0.05, 0) is 27.2 Å². The van der Waals surface area contributed by atoms with Gasteiger partial charge in [0.25, 0.3) is 0 Å². The van der Waals surface area contributed by atoms with E-state index in [-0.39, 0.29) is 11.5 Å². The number of rotatable bonds is 14. The molecule has 4 nitrogen and oxygen atoms in total. The van der Waals surface area contributed by atoms with Crippen molar-refractivity contribution in [1.82, 2.24) is 0 Å². The van der Waals surface area contributed by atoms with Gasteiger partial charge in [-0.3, -0.25) is 0 Å². The minimum atomic E-state index is -1.18. The van der Waals surface area contributed by atoms with Gasteiger partial charge in [0, 0.05) is 19.8 Å². The van der Waals surface area contributed by atoms with Gasteiger partial charge in [-0.25, -0.2) is 0 Å². The summed E-state index contributed by atoms with van der Waals surface area (Å²) in [5.41, 5.74) is 0. The van der Waals surface area contributed by atoms with E-state index >= 15 is 0 Å². The van der Waals surface area contributed by atoms with Crippen LogP contribution in [0, 0.1) is 0 Å². The highest BCUT2D eigenvalue weighted by molar-refractivity contribution is 6.59. The Labute approximate surface area is 133 Å². The fraction of sp³-hybridized carbons (Fsp3) is 0.938. The maximum absolute atomic E-state index is 12.2. The van der Waals surface area contributed by atoms with Crippen molar-refractivity contribution in [2.75, 3.05) is 19.8 Å². The first-order valence-electron chi connectivity index (χ1n) is 8.49. The van der Waals surface area contributed by atoms with Gasteiger partial charge in [0.1, 0.15) is 6.10 Å². The van der Waals surface area contributed by atoms with Gasteiger partial charge < -0.3 is 19.0 Å². The SMILES string of the molecule is CCCCCCCC(OCC)C(OCC)(OCC)C(=O)[SiH3]. The van der Waals surface area contributed by atoms with Crippen LogP contribution in [0.2, 0.25) is 0 Å². The number of unbranched alkanes of at least 4 members (excludes halogenated alkanes) is 4. The van der Waals surface area contributed by atoms with Crippen LogP contribution in [0.1, 0.15) is 66.2 Å². The summed E-state index contributed by atoms with van der Waals surface area (Å²) in [5, 5.41) is 0.0261. The first-order valence-corrected chi connectivity index (χ1v) is 9.49. The molecule has 0 N–H and O–H groups in total. The summed E-state index contributed by atoms with van der Waals surface area (Å²) >= 11 is 0. The average molecular weight is 319 g/mol. The van der Waals surface area contributed by atoms with Crippen molar-refractivity contribution >= 4 is 15.6 Å². The van der Waals surface area contributed by atoms with Crippen molar-refractivity contribution < 1.29 is 19.0 Å². The molecule has 0 aliphatic carbocycles. The number of hydrogen-bond donors (Lipinski definition) is 0. The molecular weight excluding hydrogens is 284 g/mol. The molecule has 21 heavy (non-hydrogen) atoms. The van der Waals surface area contributed by atoms with Crippen molar-refractivity contribution in [3.05, 3.63) is 0 Å². The van der Waals surface area contributed by atoms with Crippen LogP contribution in [-0.4, -0.2) is 47.4 Å². The molecule has 0 saturated carbocycles. The second kappa shape index (κ2) is 12.3. The molecule has 0 aromatic heterocycles. The average Bonchev–Trinajstić information content (AvgIpc) is 2.45. The van der Waals surface area contributed by atoms with Crippen LogP contribution in [0.25, 0.3) is 0 Å². The topological polar surface area (TPSA) is 44.8 Å². The lowest BCUT2D eigenvalue weighted by molar-refractivity contribution is -0.267. The molecule has 0 bridgehead atoms. The van der Waals surface area contributed by atoms with Crippen molar-refractivity contribution in [1.29, 1.82) is 0 Å². The Morgan fingerprint density at radius 3 is 1.95 bits per heavy atom. The quantitative estimate of drug-likeness (QED) is 0.280. The summed E-state index contributed by atoms with van der Waals surface area (Å²) in [4.78, 5) is 12.2. The molecule has 0 fully saturated rings. The summed E-state index contributed by atoms with van der Waals surface area (Å²) < 4.78 is 17.4. The third-order valence-electron chi connectivity index (χ3n) is 3.57. The maximum atomic E-state index is 12.2. The Bertz CT molecular complexity index is 265. The van der Waals surface area contributed by atoms with E-state index in [1.807, 2.05) is 20.8 Å². The fourth-order valence-corrected chi connectivity index (χ4v) is 3.21. The van der Waals surface area contributed by atoms with Gasteiger partial charge in [0.15, 0.2) is 5.41 Å². The normalized spacial score (nSPS) is 13.5. The lowest BCUT2D eigenvalue weighted by atomic mass is 10.0. The van der Waals surface area contributed by atoms with Gasteiger partial charge in [-0.2, -0.15) is 0 Å². The Hall–Kier alpha value is -0.233. The summed E-state index contributed by atoms with van der Waals surface area (Å²) in [6.45, 7) is 9.41.